The number of aliphatic hydroxyl groups excluding tert-OH is 2. The zero-order valence-electron chi connectivity index (χ0n) is 25.9. The molecular formula is C30H52NO10P. The van der Waals surface area contributed by atoms with Gasteiger partial charge in [-0.05, 0) is 44.9 Å². The molecule has 0 aliphatic carbocycles. The molecule has 11 nitrogen and oxygen atoms in total. The number of carbonyl (C=O) groups excluding carboxylic acids is 2. The standard InChI is InChI=1S/C30H52NO10P/c1-6-7-8-9-10-11-12-13-14-15-16-17-19-28(33)29(34)20-18-21-30(35)41-27(24-38-26(2)32)25-40-42(36,37)39-23-22-31(3,4)5/h7-8,10-11,13-14,16-17,27-29,33-34H,6,9,12,15,18-25H2,1-5H3/b8-7-,11-10-,14-13-,17-16-/t27-,28-,29-/m1/s1. The average molecular weight is 618 g/mol. The van der Waals surface area contributed by atoms with Crippen molar-refractivity contribution in [3.05, 3.63) is 48.6 Å². The second-order valence-corrected chi connectivity index (χ2v) is 12.2. The molecule has 0 saturated heterocycles. The van der Waals surface area contributed by atoms with Crippen molar-refractivity contribution in [2.75, 3.05) is 47.5 Å². The second-order valence-electron chi connectivity index (χ2n) is 10.8. The van der Waals surface area contributed by atoms with Crippen molar-refractivity contribution >= 4 is 19.8 Å². The molecule has 42 heavy (non-hydrogen) atoms. The molecule has 0 aromatic rings. The molecule has 0 heterocycles. The summed E-state index contributed by atoms with van der Waals surface area (Å²) in [6, 6.07) is 0. The first-order valence-corrected chi connectivity index (χ1v) is 15.9. The summed E-state index contributed by atoms with van der Waals surface area (Å²) < 4.78 is 32.2. The first kappa shape index (κ1) is 39.9. The van der Waals surface area contributed by atoms with Gasteiger partial charge < -0.3 is 38.1 Å². The van der Waals surface area contributed by atoms with Gasteiger partial charge >= 0.3 is 11.9 Å². The van der Waals surface area contributed by atoms with Gasteiger partial charge in [0.15, 0.2) is 6.10 Å². The highest BCUT2D eigenvalue weighted by Gasteiger charge is 2.22. The highest BCUT2D eigenvalue weighted by molar-refractivity contribution is 7.45. The number of aliphatic hydroxyl groups is 2. The quantitative estimate of drug-likeness (QED) is 0.0709. The van der Waals surface area contributed by atoms with Crippen molar-refractivity contribution < 1.29 is 52.3 Å². The van der Waals surface area contributed by atoms with Crippen LogP contribution in [0.15, 0.2) is 48.6 Å². The van der Waals surface area contributed by atoms with Crippen LogP contribution in [0.25, 0.3) is 0 Å². The fraction of sp³-hybridized carbons (Fsp3) is 0.667. The molecule has 0 aromatic carbocycles. The number of ether oxygens (including phenoxy) is 2. The number of nitrogens with zero attached hydrogens (tertiary/aromatic N) is 1. The molecule has 0 aliphatic heterocycles. The van der Waals surface area contributed by atoms with Crippen LogP contribution in [0.5, 0.6) is 0 Å². The Morgan fingerprint density at radius 1 is 0.881 bits per heavy atom. The van der Waals surface area contributed by atoms with E-state index in [9.17, 15) is 29.3 Å². The van der Waals surface area contributed by atoms with Crippen LogP contribution in [-0.2, 0) is 32.7 Å². The van der Waals surface area contributed by atoms with Gasteiger partial charge in [-0.25, -0.2) is 0 Å². The minimum Gasteiger partial charge on any atom is -0.756 e. The molecule has 4 atom stereocenters. The van der Waals surface area contributed by atoms with E-state index in [2.05, 4.69) is 37.3 Å². The van der Waals surface area contributed by atoms with Crippen LogP contribution in [0.2, 0.25) is 0 Å². The lowest BCUT2D eigenvalue weighted by Crippen LogP contribution is -2.37. The van der Waals surface area contributed by atoms with Crippen molar-refractivity contribution in [2.24, 2.45) is 0 Å². The number of allylic oxidation sites excluding steroid dienone is 7. The Balaban J connectivity index is 4.41. The lowest BCUT2D eigenvalue weighted by atomic mass is 10.0. The average Bonchev–Trinajstić information content (AvgIpc) is 2.89. The third-order valence-corrected chi connectivity index (χ3v) is 6.59. The molecule has 0 aliphatic rings. The maximum Gasteiger partial charge on any atom is 0.306 e. The molecule has 0 radical (unpaired) electrons. The van der Waals surface area contributed by atoms with Gasteiger partial charge in [0, 0.05) is 13.3 Å². The highest BCUT2D eigenvalue weighted by atomic mass is 31.2. The lowest BCUT2D eigenvalue weighted by Gasteiger charge is -2.28. The predicted molar refractivity (Wildman–Crippen MR) is 160 cm³/mol. The van der Waals surface area contributed by atoms with Crippen LogP contribution in [0.1, 0.15) is 65.2 Å². The largest absolute Gasteiger partial charge is 0.756 e. The van der Waals surface area contributed by atoms with Gasteiger partial charge in [-0.3, -0.25) is 14.2 Å². The number of esters is 2. The Kier molecular flexibility index (Phi) is 22.2. The van der Waals surface area contributed by atoms with Gasteiger partial charge in [0.1, 0.15) is 19.8 Å². The number of phosphoric ester groups is 1. The fourth-order valence-corrected chi connectivity index (χ4v) is 3.96. The van der Waals surface area contributed by atoms with Crippen LogP contribution in [-0.4, -0.2) is 92.5 Å². The zero-order valence-corrected chi connectivity index (χ0v) is 26.8. The van der Waals surface area contributed by atoms with Crippen LogP contribution in [0.3, 0.4) is 0 Å². The summed E-state index contributed by atoms with van der Waals surface area (Å²) in [6.07, 6.45) is 17.3. The first-order chi connectivity index (χ1) is 19.8. The maximum atomic E-state index is 12.3. The highest BCUT2D eigenvalue weighted by Crippen LogP contribution is 2.38. The molecule has 1 unspecified atom stereocenters. The first-order valence-electron chi connectivity index (χ1n) is 14.4. The Morgan fingerprint density at radius 2 is 1.45 bits per heavy atom. The van der Waals surface area contributed by atoms with Crippen molar-refractivity contribution in [1.82, 2.24) is 0 Å². The monoisotopic (exact) mass is 617 g/mol. The van der Waals surface area contributed by atoms with E-state index in [0.717, 1.165) is 32.6 Å². The Bertz CT molecular complexity index is 910. The molecule has 0 bridgehead atoms. The molecule has 0 saturated carbocycles. The maximum absolute atomic E-state index is 12.3. The number of carbonyl (C=O) groups is 2. The summed E-state index contributed by atoms with van der Waals surface area (Å²) in [4.78, 5) is 35.5. The SMILES string of the molecule is CC/C=C\C/C=C\C/C=C\C/C=C\C[C@@H](O)[C@H](O)CCCC(=O)O[C@H](COC(C)=O)COP(=O)([O-])OCC[N+](C)(C)C. The van der Waals surface area contributed by atoms with E-state index < -0.39 is 51.3 Å². The summed E-state index contributed by atoms with van der Waals surface area (Å²) in [5.74, 6) is -1.33. The van der Waals surface area contributed by atoms with Gasteiger partial charge in [0.25, 0.3) is 7.82 Å². The van der Waals surface area contributed by atoms with Crippen LogP contribution in [0.4, 0.5) is 0 Å². The number of phosphoric acid groups is 1. The van der Waals surface area contributed by atoms with Crippen molar-refractivity contribution in [1.29, 1.82) is 0 Å². The number of hydrogen-bond acceptors (Lipinski definition) is 10. The topological polar surface area (TPSA) is 152 Å². The molecule has 0 aromatic heterocycles. The molecular weight excluding hydrogens is 565 g/mol. The third-order valence-electron chi connectivity index (χ3n) is 5.62. The minimum absolute atomic E-state index is 0.0882. The fourth-order valence-electron chi connectivity index (χ4n) is 3.23. The van der Waals surface area contributed by atoms with Gasteiger partial charge in [0.2, 0.25) is 0 Å². The van der Waals surface area contributed by atoms with Gasteiger partial charge in [-0.1, -0.05) is 55.5 Å². The van der Waals surface area contributed by atoms with E-state index in [1.807, 2.05) is 33.3 Å². The predicted octanol–water partition coefficient (Wildman–Crippen LogP) is 3.76. The number of likely N-dealkylation sites (N-methyl/N-ethyl adjacent to an activating group) is 1. The molecule has 12 heteroatoms. The van der Waals surface area contributed by atoms with Crippen LogP contribution >= 0.6 is 7.82 Å². The number of hydrogen-bond donors (Lipinski definition) is 2. The van der Waals surface area contributed by atoms with Crippen LogP contribution < -0.4 is 4.89 Å². The number of rotatable bonds is 24. The summed E-state index contributed by atoms with van der Waals surface area (Å²) in [6.45, 7) is 2.63. The zero-order chi connectivity index (χ0) is 31.9. The molecule has 0 amide bonds. The molecule has 0 fully saturated rings. The Morgan fingerprint density at radius 3 is 2.00 bits per heavy atom. The summed E-state index contributed by atoms with van der Waals surface area (Å²) >= 11 is 0. The van der Waals surface area contributed by atoms with E-state index in [0.29, 0.717) is 11.0 Å². The van der Waals surface area contributed by atoms with Crippen molar-refractivity contribution in [2.45, 2.75) is 83.5 Å². The summed E-state index contributed by atoms with van der Waals surface area (Å²) in [5.41, 5.74) is 0. The second kappa shape index (κ2) is 23.4. The van der Waals surface area contributed by atoms with Crippen LogP contribution in [0, 0.1) is 0 Å². The molecule has 0 spiro atoms. The molecule has 2 N–H and O–H groups in total. The van der Waals surface area contributed by atoms with Crippen molar-refractivity contribution in [3.63, 3.8) is 0 Å². The van der Waals surface area contributed by atoms with Crippen molar-refractivity contribution in [3.8, 4) is 0 Å². The number of quaternary nitrogens is 1. The van der Waals surface area contributed by atoms with Gasteiger partial charge in [0.05, 0.1) is 40.0 Å². The lowest BCUT2D eigenvalue weighted by molar-refractivity contribution is -0.870. The summed E-state index contributed by atoms with van der Waals surface area (Å²) in [7, 11) is 0.964. The molecule has 0 rings (SSSR count). The smallest absolute Gasteiger partial charge is 0.306 e. The van der Waals surface area contributed by atoms with E-state index in [1.54, 1.807) is 6.08 Å². The van der Waals surface area contributed by atoms with E-state index in [1.165, 1.54) is 0 Å². The van der Waals surface area contributed by atoms with Gasteiger partial charge in [-0.2, -0.15) is 0 Å². The van der Waals surface area contributed by atoms with E-state index in [-0.39, 0.29) is 32.3 Å². The van der Waals surface area contributed by atoms with E-state index in [4.69, 9.17) is 18.5 Å². The van der Waals surface area contributed by atoms with E-state index >= 15 is 0 Å². The minimum atomic E-state index is -4.66. The van der Waals surface area contributed by atoms with Gasteiger partial charge in [-0.15, -0.1) is 0 Å². The Hall–Kier alpha value is -2.11. The third kappa shape index (κ3) is 25.6. The normalized spacial score (nSPS) is 16.3. The Labute approximate surface area is 251 Å². The summed E-state index contributed by atoms with van der Waals surface area (Å²) in [5, 5.41) is 20.4. The molecule has 242 valence electrons.